The number of aliphatic hydroxyl groups is 1. The number of thioether (sulfide) groups is 1. The highest BCUT2D eigenvalue weighted by Crippen LogP contribution is 2.15. The van der Waals surface area contributed by atoms with E-state index >= 15 is 0 Å². The zero-order valence-electron chi connectivity index (χ0n) is 12.9. The fraction of sp³-hybridized carbons (Fsp3) is 0.353. The maximum absolute atomic E-state index is 12.1. The molecule has 0 atom stereocenters. The van der Waals surface area contributed by atoms with E-state index in [0.29, 0.717) is 12.3 Å². The molecule has 2 aromatic rings. The van der Waals surface area contributed by atoms with Gasteiger partial charge in [-0.3, -0.25) is 4.79 Å². The van der Waals surface area contributed by atoms with Crippen molar-refractivity contribution in [3.05, 3.63) is 54.0 Å². The van der Waals surface area contributed by atoms with Crippen molar-refractivity contribution < 1.29 is 19.1 Å². The maximum atomic E-state index is 12.1. The molecule has 1 aromatic carbocycles. The summed E-state index contributed by atoms with van der Waals surface area (Å²) in [6, 6.07) is 11.2. The van der Waals surface area contributed by atoms with Gasteiger partial charge in [0.2, 0.25) is 0 Å². The highest BCUT2D eigenvalue weighted by atomic mass is 32.2. The molecule has 6 heteroatoms. The van der Waals surface area contributed by atoms with Crippen LogP contribution in [-0.2, 0) is 6.61 Å². The molecule has 1 amide bonds. The Morgan fingerprint density at radius 3 is 2.83 bits per heavy atom. The summed E-state index contributed by atoms with van der Waals surface area (Å²) in [5, 5.41) is 11.5. The fourth-order valence-electron chi connectivity index (χ4n) is 1.91. The summed E-state index contributed by atoms with van der Waals surface area (Å²) in [5.74, 6) is 2.51. The highest BCUT2D eigenvalue weighted by Gasteiger charge is 2.15. The molecule has 0 aliphatic rings. The number of nitrogens with one attached hydrogen (secondary N) is 1. The van der Waals surface area contributed by atoms with Crippen LogP contribution in [0.25, 0.3) is 0 Å². The van der Waals surface area contributed by atoms with Crippen LogP contribution in [0.15, 0.2) is 47.1 Å². The predicted molar refractivity (Wildman–Crippen MR) is 90.8 cm³/mol. The molecule has 0 aliphatic carbocycles. The van der Waals surface area contributed by atoms with Crippen molar-refractivity contribution >= 4 is 17.7 Å². The minimum Gasteiger partial charge on any atom is -0.489 e. The Bertz CT molecular complexity index is 585. The van der Waals surface area contributed by atoms with Crippen LogP contribution in [0, 0.1) is 0 Å². The lowest BCUT2D eigenvalue weighted by molar-refractivity contribution is 0.0925. The summed E-state index contributed by atoms with van der Waals surface area (Å²) in [7, 11) is 0. The zero-order valence-corrected chi connectivity index (χ0v) is 13.7. The second-order valence-corrected chi connectivity index (χ2v) is 6.05. The topological polar surface area (TPSA) is 71.7 Å². The number of rotatable bonds is 10. The summed E-state index contributed by atoms with van der Waals surface area (Å²) in [6.07, 6.45) is 2.27. The lowest BCUT2D eigenvalue weighted by Gasteiger charge is -2.07. The molecule has 1 heterocycles. The maximum Gasteiger partial charge on any atom is 0.287 e. The molecule has 0 radical (unpaired) electrons. The van der Waals surface area contributed by atoms with E-state index in [9.17, 15) is 4.79 Å². The number of amides is 1. The number of furan rings is 1. The second kappa shape index (κ2) is 9.97. The Balaban J connectivity index is 1.77. The van der Waals surface area contributed by atoms with Gasteiger partial charge < -0.3 is 19.6 Å². The van der Waals surface area contributed by atoms with Gasteiger partial charge in [0.1, 0.15) is 12.4 Å². The minimum absolute atomic E-state index is 0.205. The molecule has 2 N–H and O–H groups in total. The Morgan fingerprint density at radius 1 is 1.22 bits per heavy atom. The standard InChI is InChI=1S/C17H21NO4S/c19-9-4-11-23-12-8-18-17(20)16-14(7-10-21-16)13-22-15-5-2-1-3-6-15/h1-3,5-7,10,19H,4,8-9,11-13H2,(H,18,20). The van der Waals surface area contributed by atoms with Gasteiger partial charge in [0, 0.05) is 24.5 Å². The Kier molecular flexibility index (Phi) is 7.56. The van der Waals surface area contributed by atoms with Crippen molar-refractivity contribution in [2.75, 3.05) is 24.7 Å². The molecule has 0 saturated carbocycles. The van der Waals surface area contributed by atoms with Crippen LogP contribution in [0.4, 0.5) is 0 Å². The van der Waals surface area contributed by atoms with Gasteiger partial charge in [-0.15, -0.1) is 0 Å². The summed E-state index contributed by atoms with van der Waals surface area (Å²) >= 11 is 1.70. The van der Waals surface area contributed by atoms with E-state index in [4.69, 9.17) is 14.3 Å². The quantitative estimate of drug-likeness (QED) is 0.653. The molecular formula is C17H21NO4S. The molecular weight excluding hydrogens is 314 g/mol. The van der Waals surface area contributed by atoms with Crippen molar-refractivity contribution in [1.29, 1.82) is 0 Å². The van der Waals surface area contributed by atoms with Crippen LogP contribution in [0.2, 0.25) is 0 Å². The van der Waals surface area contributed by atoms with Crippen LogP contribution in [0.1, 0.15) is 22.5 Å². The highest BCUT2D eigenvalue weighted by molar-refractivity contribution is 7.99. The number of para-hydroxylation sites is 1. The smallest absolute Gasteiger partial charge is 0.287 e. The average Bonchev–Trinajstić information content (AvgIpc) is 3.05. The lowest BCUT2D eigenvalue weighted by atomic mass is 10.2. The number of benzene rings is 1. The van der Waals surface area contributed by atoms with E-state index in [1.54, 1.807) is 17.8 Å². The molecule has 2 rings (SSSR count). The van der Waals surface area contributed by atoms with Crippen molar-refractivity contribution in [2.24, 2.45) is 0 Å². The monoisotopic (exact) mass is 335 g/mol. The molecule has 124 valence electrons. The Morgan fingerprint density at radius 2 is 2.04 bits per heavy atom. The molecule has 0 aliphatic heterocycles. The fourth-order valence-corrected chi connectivity index (χ4v) is 2.70. The average molecular weight is 335 g/mol. The molecule has 0 bridgehead atoms. The normalized spacial score (nSPS) is 10.5. The molecule has 0 saturated heterocycles. The number of hydrogen-bond donors (Lipinski definition) is 2. The first-order chi connectivity index (χ1) is 11.3. The Labute approximate surface area is 140 Å². The summed E-state index contributed by atoms with van der Waals surface area (Å²) in [4.78, 5) is 12.1. The third kappa shape index (κ3) is 6.00. The van der Waals surface area contributed by atoms with E-state index < -0.39 is 0 Å². The summed E-state index contributed by atoms with van der Waals surface area (Å²) in [5.41, 5.74) is 0.722. The van der Waals surface area contributed by atoms with Gasteiger partial charge in [0.05, 0.1) is 6.26 Å². The molecule has 1 aromatic heterocycles. The van der Waals surface area contributed by atoms with Crippen LogP contribution in [0.5, 0.6) is 5.75 Å². The van der Waals surface area contributed by atoms with Gasteiger partial charge >= 0.3 is 0 Å². The first-order valence-electron chi connectivity index (χ1n) is 7.52. The van der Waals surface area contributed by atoms with Gasteiger partial charge in [-0.1, -0.05) is 18.2 Å². The predicted octanol–water partition coefficient (Wildman–Crippen LogP) is 2.70. The summed E-state index contributed by atoms with van der Waals surface area (Å²) < 4.78 is 10.9. The van der Waals surface area contributed by atoms with Crippen molar-refractivity contribution in [3.8, 4) is 5.75 Å². The number of carbonyl (C=O) groups is 1. The van der Waals surface area contributed by atoms with Gasteiger partial charge in [-0.05, 0) is 30.4 Å². The Hall–Kier alpha value is -1.92. The van der Waals surface area contributed by atoms with E-state index in [1.165, 1.54) is 6.26 Å². The van der Waals surface area contributed by atoms with Gasteiger partial charge in [0.15, 0.2) is 5.76 Å². The summed E-state index contributed by atoms with van der Waals surface area (Å²) in [6.45, 7) is 1.06. The second-order valence-electron chi connectivity index (χ2n) is 4.82. The molecule has 0 fully saturated rings. The number of aliphatic hydroxyl groups excluding tert-OH is 1. The van der Waals surface area contributed by atoms with Crippen molar-refractivity contribution in [2.45, 2.75) is 13.0 Å². The van der Waals surface area contributed by atoms with Crippen molar-refractivity contribution in [1.82, 2.24) is 5.32 Å². The van der Waals surface area contributed by atoms with Crippen LogP contribution in [-0.4, -0.2) is 35.7 Å². The van der Waals surface area contributed by atoms with Gasteiger partial charge in [-0.2, -0.15) is 11.8 Å². The molecule has 0 unspecified atom stereocenters. The number of ether oxygens (including phenoxy) is 1. The number of hydrogen-bond acceptors (Lipinski definition) is 5. The zero-order chi connectivity index (χ0) is 16.3. The minimum atomic E-state index is -0.232. The first kappa shape index (κ1) is 17.4. The third-order valence-electron chi connectivity index (χ3n) is 3.07. The van der Waals surface area contributed by atoms with Crippen LogP contribution < -0.4 is 10.1 Å². The van der Waals surface area contributed by atoms with E-state index in [1.807, 2.05) is 30.3 Å². The first-order valence-corrected chi connectivity index (χ1v) is 8.67. The SMILES string of the molecule is O=C(NCCSCCCO)c1occc1COc1ccccc1. The van der Waals surface area contributed by atoms with E-state index in [-0.39, 0.29) is 19.1 Å². The van der Waals surface area contributed by atoms with E-state index in [2.05, 4.69) is 5.32 Å². The van der Waals surface area contributed by atoms with E-state index in [0.717, 1.165) is 29.2 Å². The van der Waals surface area contributed by atoms with Gasteiger partial charge in [0.25, 0.3) is 5.91 Å². The molecule has 23 heavy (non-hydrogen) atoms. The molecule has 5 nitrogen and oxygen atoms in total. The van der Waals surface area contributed by atoms with Crippen molar-refractivity contribution in [3.63, 3.8) is 0 Å². The van der Waals surface area contributed by atoms with Crippen LogP contribution in [0.3, 0.4) is 0 Å². The van der Waals surface area contributed by atoms with Crippen LogP contribution >= 0.6 is 11.8 Å². The largest absolute Gasteiger partial charge is 0.489 e. The van der Waals surface area contributed by atoms with Gasteiger partial charge in [-0.25, -0.2) is 0 Å². The third-order valence-corrected chi connectivity index (χ3v) is 4.14. The molecule has 0 spiro atoms. The number of carbonyl (C=O) groups excluding carboxylic acids is 1. The lowest BCUT2D eigenvalue weighted by Crippen LogP contribution is -2.26.